The Hall–Kier alpha value is -1.68. The summed E-state index contributed by atoms with van der Waals surface area (Å²) in [7, 11) is 0. The van der Waals surface area contributed by atoms with Crippen molar-refractivity contribution in [3.63, 3.8) is 0 Å². The molecule has 0 aliphatic rings. The molecule has 1 aromatic carbocycles. The van der Waals surface area contributed by atoms with E-state index in [1.807, 2.05) is 30.3 Å². The molecule has 2 aromatic rings. The van der Waals surface area contributed by atoms with Gasteiger partial charge < -0.3 is 11.5 Å². The second kappa shape index (κ2) is 4.90. The van der Waals surface area contributed by atoms with Crippen LogP contribution in [-0.4, -0.2) is 4.98 Å². The fourth-order valence-corrected chi connectivity index (χ4v) is 2.10. The molecule has 16 heavy (non-hydrogen) atoms. The van der Waals surface area contributed by atoms with E-state index in [0.29, 0.717) is 5.69 Å². The maximum Gasteiger partial charge on any atom is 0.0964 e. The zero-order valence-electron chi connectivity index (χ0n) is 8.76. The summed E-state index contributed by atoms with van der Waals surface area (Å²) in [5.41, 5.74) is 14.0. The third-order valence-electron chi connectivity index (χ3n) is 2.10. The monoisotopic (exact) mass is 231 g/mol. The van der Waals surface area contributed by atoms with E-state index in [-0.39, 0.29) is 0 Å². The van der Waals surface area contributed by atoms with Crippen molar-refractivity contribution in [3.05, 3.63) is 48.2 Å². The van der Waals surface area contributed by atoms with Crippen LogP contribution in [0.15, 0.2) is 47.6 Å². The third-order valence-corrected chi connectivity index (χ3v) is 3.11. The predicted octanol–water partition coefficient (Wildman–Crippen LogP) is 2.54. The number of hydrogen-bond donors (Lipinski definition) is 2. The maximum absolute atomic E-state index is 5.71. The normalized spacial score (nSPS) is 10.2. The Morgan fingerprint density at radius 2 is 1.94 bits per heavy atom. The number of nitrogens with zero attached hydrogens (tertiary/aromatic N) is 1. The molecule has 0 spiro atoms. The summed E-state index contributed by atoms with van der Waals surface area (Å²) in [4.78, 5) is 4.22. The van der Waals surface area contributed by atoms with Gasteiger partial charge in [0, 0.05) is 11.4 Å². The maximum atomic E-state index is 5.71. The van der Waals surface area contributed by atoms with E-state index in [1.165, 1.54) is 5.56 Å². The minimum atomic E-state index is 0.688. The molecule has 0 saturated heterocycles. The highest BCUT2D eigenvalue weighted by Gasteiger charge is 1.98. The predicted molar refractivity (Wildman–Crippen MR) is 69.1 cm³/mol. The second-order valence-electron chi connectivity index (χ2n) is 3.46. The van der Waals surface area contributed by atoms with Crippen LogP contribution in [0.4, 0.5) is 11.4 Å². The van der Waals surface area contributed by atoms with E-state index in [2.05, 4.69) is 11.1 Å². The van der Waals surface area contributed by atoms with E-state index in [1.54, 1.807) is 18.0 Å². The number of aromatic nitrogens is 1. The van der Waals surface area contributed by atoms with Crippen molar-refractivity contribution in [2.24, 2.45) is 0 Å². The van der Waals surface area contributed by atoms with Crippen molar-refractivity contribution >= 4 is 23.1 Å². The van der Waals surface area contributed by atoms with Gasteiger partial charge in [-0.1, -0.05) is 12.1 Å². The lowest BCUT2D eigenvalue weighted by Gasteiger charge is -2.02. The first kappa shape index (κ1) is 10.8. The van der Waals surface area contributed by atoms with Gasteiger partial charge in [0.2, 0.25) is 0 Å². The molecule has 0 amide bonds. The van der Waals surface area contributed by atoms with Gasteiger partial charge >= 0.3 is 0 Å². The molecule has 1 aromatic heterocycles. The molecule has 0 bridgehead atoms. The Labute approximate surface area is 98.9 Å². The van der Waals surface area contributed by atoms with E-state index in [4.69, 9.17) is 11.5 Å². The molecule has 0 aliphatic carbocycles. The molecule has 2 rings (SSSR count). The smallest absolute Gasteiger partial charge is 0.0964 e. The minimum absolute atomic E-state index is 0.688. The minimum Gasteiger partial charge on any atom is -0.399 e. The summed E-state index contributed by atoms with van der Waals surface area (Å²) in [6, 6.07) is 11.7. The Balaban J connectivity index is 1.99. The molecule has 0 fully saturated rings. The molecule has 0 aliphatic heterocycles. The number of thioether (sulfide) groups is 1. The molecular formula is C12H13N3S. The van der Waals surface area contributed by atoms with Crippen LogP contribution in [0.3, 0.4) is 0 Å². The highest BCUT2D eigenvalue weighted by Crippen LogP contribution is 2.21. The number of nitrogen functional groups attached to an aromatic ring is 2. The molecular weight excluding hydrogens is 218 g/mol. The van der Waals surface area contributed by atoms with Crippen molar-refractivity contribution in [1.29, 1.82) is 0 Å². The summed E-state index contributed by atoms with van der Waals surface area (Å²) < 4.78 is 0. The summed E-state index contributed by atoms with van der Waals surface area (Å²) in [5.74, 6) is 0.863. The van der Waals surface area contributed by atoms with Gasteiger partial charge in [0.15, 0.2) is 0 Å². The van der Waals surface area contributed by atoms with Crippen LogP contribution < -0.4 is 11.5 Å². The largest absolute Gasteiger partial charge is 0.399 e. The number of anilines is 2. The molecule has 1 heterocycles. The van der Waals surface area contributed by atoms with Gasteiger partial charge in [-0.2, -0.15) is 0 Å². The van der Waals surface area contributed by atoms with Crippen LogP contribution in [0.5, 0.6) is 0 Å². The van der Waals surface area contributed by atoms with Gasteiger partial charge in [-0.15, -0.1) is 11.8 Å². The number of rotatable bonds is 3. The van der Waals surface area contributed by atoms with E-state index < -0.39 is 0 Å². The number of pyridine rings is 1. The van der Waals surface area contributed by atoms with Crippen molar-refractivity contribution < 1.29 is 0 Å². The Morgan fingerprint density at radius 1 is 1.06 bits per heavy atom. The first-order valence-corrected chi connectivity index (χ1v) is 5.91. The standard InChI is InChI=1S/C12H13N3S/c13-10-3-1-2-9(6-10)8-16-12-5-4-11(14)7-15-12/h1-7H,8,13-14H2. The Bertz CT molecular complexity index is 468. The lowest BCUT2D eigenvalue weighted by molar-refractivity contribution is 1.13. The average Bonchev–Trinajstić information content (AvgIpc) is 2.28. The van der Waals surface area contributed by atoms with Gasteiger partial charge in [-0.25, -0.2) is 4.98 Å². The zero-order chi connectivity index (χ0) is 11.4. The first-order valence-electron chi connectivity index (χ1n) is 4.93. The molecule has 0 unspecified atom stereocenters. The molecule has 0 radical (unpaired) electrons. The average molecular weight is 231 g/mol. The second-order valence-corrected chi connectivity index (χ2v) is 4.46. The summed E-state index contributed by atoms with van der Waals surface area (Å²) >= 11 is 1.67. The van der Waals surface area contributed by atoms with Crippen LogP contribution in [0.25, 0.3) is 0 Å². The molecule has 4 N–H and O–H groups in total. The molecule has 0 atom stereocenters. The van der Waals surface area contributed by atoms with Crippen LogP contribution in [0.2, 0.25) is 0 Å². The zero-order valence-corrected chi connectivity index (χ0v) is 9.58. The molecule has 82 valence electrons. The number of benzene rings is 1. The Morgan fingerprint density at radius 3 is 2.62 bits per heavy atom. The number of nitrogens with two attached hydrogens (primary N) is 2. The molecule has 0 saturated carbocycles. The topological polar surface area (TPSA) is 64.9 Å². The van der Waals surface area contributed by atoms with Crippen LogP contribution in [0, 0.1) is 0 Å². The van der Waals surface area contributed by atoms with Gasteiger partial charge in [0.1, 0.15) is 0 Å². The van der Waals surface area contributed by atoms with Crippen molar-refractivity contribution in [3.8, 4) is 0 Å². The highest BCUT2D eigenvalue weighted by atomic mass is 32.2. The third kappa shape index (κ3) is 2.90. The van der Waals surface area contributed by atoms with E-state index >= 15 is 0 Å². The van der Waals surface area contributed by atoms with E-state index in [9.17, 15) is 0 Å². The summed E-state index contributed by atoms with van der Waals surface area (Å²) in [5, 5.41) is 0.969. The van der Waals surface area contributed by atoms with Crippen molar-refractivity contribution in [1.82, 2.24) is 4.98 Å². The van der Waals surface area contributed by atoms with Crippen molar-refractivity contribution in [2.45, 2.75) is 10.8 Å². The molecule has 4 heteroatoms. The fourth-order valence-electron chi connectivity index (χ4n) is 1.32. The van der Waals surface area contributed by atoms with Gasteiger partial charge in [0.25, 0.3) is 0 Å². The van der Waals surface area contributed by atoms with Crippen LogP contribution in [-0.2, 0) is 5.75 Å². The lowest BCUT2D eigenvalue weighted by atomic mass is 10.2. The van der Waals surface area contributed by atoms with E-state index in [0.717, 1.165) is 16.5 Å². The van der Waals surface area contributed by atoms with Gasteiger partial charge in [-0.3, -0.25) is 0 Å². The quantitative estimate of drug-likeness (QED) is 0.629. The van der Waals surface area contributed by atoms with Gasteiger partial charge in [0.05, 0.1) is 16.9 Å². The first-order chi connectivity index (χ1) is 7.74. The Kier molecular flexibility index (Phi) is 3.31. The lowest BCUT2D eigenvalue weighted by Crippen LogP contribution is -1.89. The van der Waals surface area contributed by atoms with Crippen LogP contribution in [0.1, 0.15) is 5.56 Å². The summed E-state index contributed by atoms with van der Waals surface area (Å²) in [6.45, 7) is 0. The fraction of sp³-hybridized carbons (Fsp3) is 0.0833. The highest BCUT2D eigenvalue weighted by molar-refractivity contribution is 7.98. The SMILES string of the molecule is Nc1ccc(SCc2cccc(N)c2)nc1. The van der Waals surface area contributed by atoms with Crippen molar-refractivity contribution in [2.75, 3.05) is 11.5 Å². The van der Waals surface area contributed by atoms with Crippen LogP contribution >= 0.6 is 11.8 Å². The number of hydrogen-bond acceptors (Lipinski definition) is 4. The molecule has 3 nitrogen and oxygen atoms in total. The van der Waals surface area contributed by atoms with Gasteiger partial charge in [-0.05, 0) is 29.8 Å². The summed E-state index contributed by atoms with van der Waals surface area (Å²) in [6.07, 6.45) is 1.67.